The number of fused-ring (bicyclic) bond motifs is 1. The van der Waals surface area contributed by atoms with Crippen LogP contribution in [0.3, 0.4) is 0 Å². The molecule has 33 heavy (non-hydrogen) atoms. The molecule has 0 unspecified atom stereocenters. The molecule has 1 saturated heterocycles. The van der Waals surface area contributed by atoms with Gasteiger partial charge in [0.25, 0.3) is 5.91 Å². The van der Waals surface area contributed by atoms with Gasteiger partial charge >= 0.3 is 0 Å². The number of hydrogen-bond donors (Lipinski definition) is 3. The lowest BCUT2D eigenvalue weighted by Crippen LogP contribution is -2.36. The molecule has 1 amide bonds. The van der Waals surface area contributed by atoms with Crippen LogP contribution in [0.1, 0.15) is 16.9 Å². The molecule has 1 fully saturated rings. The molecule has 3 N–H and O–H groups in total. The summed E-state index contributed by atoms with van der Waals surface area (Å²) in [5.41, 5.74) is 3.06. The average Bonchev–Trinajstić information content (AvgIpc) is 3.43. The highest BCUT2D eigenvalue weighted by molar-refractivity contribution is 9.10. The second-order valence-corrected chi connectivity index (χ2v) is 8.83. The van der Waals surface area contributed by atoms with Crippen LogP contribution >= 0.6 is 15.9 Å². The number of anilines is 2. The molecule has 3 heterocycles. The van der Waals surface area contributed by atoms with Crippen molar-refractivity contribution in [1.82, 2.24) is 25.2 Å². The number of nitrogens with one attached hydrogen (secondary N) is 3. The summed E-state index contributed by atoms with van der Waals surface area (Å²) in [4.78, 5) is 21.4. The van der Waals surface area contributed by atoms with E-state index in [1.807, 2.05) is 54.1 Å². The van der Waals surface area contributed by atoms with Gasteiger partial charge in [-0.2, -0.15) is 0 Å². The monoisotopic (exact) mass is 506 g/mol. The van der Waals surface area contributed by atoms with Crippen LogP contribution in [0.2, 0.25) is 0 Å². The van der Waals surface area contributed by atoms with Gasteiger partial charge in [-0.15, -0.1) is 0 Å². The number of hydrogen-bond acceptors (Lipinski definition) is 6. The van der Waals surface area contributed by atoms with Gasteiger partial charge < -0.3 is 25.3 Å². The number of nitrogens with zero attached hydrogens (tertiary/aromatic N) is 3. The Hall–Kier alpha value is -3.43. The van der Waals surface area contributed by atoms with Gasteiger partial charge in [-0.25, -0.2) is 4.98 Å². The molecule has 5 rings (SSSR count). The van der Waals surface area contributed by atoms with Crippen molar-refractivity contribution in [3.05, 3.63) is 71.0 Å². The molecule has 0 bridgehead atoms. The quantitative estimate of drug-likeness (QED) is 0.359. The Morgan fingerprint density at radius 3 is 2.76 bits per heavy atom. The summed E-state index contributed by atoms with van der Waals surface area (Å²) < 4.78 is 9.04. The molecule has 1 atom stereocenters. The smallest absolute Gasteiger partial charge is 0.270 e. The largest absolute Gasteiger partial charge is 0.457 e. The zero-order valence-electron chi connectivity index (χ0n) is 18.0. The number of carbonyl (C=O) groups is 1. The lowest BCUT2D eigenvalue weighted by atomic mass is 10.2. The highest BCUT2D eigenvalue weighted by Crippen LogP contribution is 2.28. The standard InChI is InChI=1S/C24H23BrN6O2/c1-31-22-7-6-18(12-20(22)30-24(31)29-16-4-2-15(25)3-5-16)33-19-9-11-27-21(13-19)23(32)28-17-8-10-26-14-17/h2-7,9,11-13,17,26H,8,10,14H2,1H3,(H,28,32)(H,29,30)/t17-/m0/s1. The number of aryl methyl sites for hydroxylation is 1. The summed E-state index contributed by atoms with van der Waals surface area (Å²) >= 11 is 3.45. The fourth-order valence-electron chi connectivity index (χ4n) is 3.79. The Kier molecular flexibility index (Phi) is 5.97. The number of benzene rings is 2. The topological polar surface area (TPSA) is 93.1 Å². The van der Waals surface area contributed by atoms with Crippen molar-refractivity contribution in [2.45, 2.75) is 12.5 Å². The van der Waals surface area contributed by atoms with Gasteiger partial charge in [0, 0.05) is 48.1 Å². The van der Waals surface area contributed by atoms with Gasteiger partial charge in [-0.1, -0.05) is 15.9 Å². The van der Waals surface area contributed by atoms with Crippen molar-refractivity contribution in [3.8, 4) is 11.5 Å². The first-order valence-electron chi connectivity index (χ1n) is 10.7. The second kappa shape index (κ2) is 9.21. The molecule has 1 aliphatic rings. The number of halogens is 1. The number of aromatic nitrogens is 3. The maximum Gasteiger partial charge on any atom is 0.270 e. The van der Waals surface area contributed by atoms with Gasteiger partial charge in [0.1, 0.15) is 17.2 Å². The SMILES string of the molecule is Cn1c(Nc2ccc(Br)cc2)nc2cc(Oc3ccnc(C(=O)N[C@H]4CCNC4)c3)ccc21. The minimum atomic E-state index is -0.196. The molecular weight excluding hydrogens is 484 g/mol. The van der Waals surface area contributed by atoms with Crippen molar-refractivity contribution in [1.29, 1.82) is 0 Å². The van der Waals surface area contributed by atoms with Gasteiger partial charge in [0.15, 0.2) is 0 Å². The fourth-order valence-corrected chi connectivity index (χ4v) is 4.05. The Labute approximate surface area is 199 Å². The highest BCUT2D eigenvalue weighted by Gasteiger charge is 2.18. The van der Waals surface area contributed by atoms with Crippen LogP contribution in [0.4, 0.5) is 11.6 Å². The van der Waals surface area contributed by atoms with Crippen LogP contribution in [-0.4, -0.2) is 39.6 Å². The van der Waals surface area contributed by atoms with Gasteiger partial charge in [0.05, 0.1) is 11.0 Å². The molecule has 0 aliphatic carbocycles. The average molecular weight is 507 g/mol. The van der Waals surface area contributed by atoms with Crippen molar-refractivity contribution in [2.75, 3.05) is 18.4 Å². The van der Waals surface area contributed by atoms with E-state index in [1.165, 1.54) is 0 Å². The van der Waals surface area contributed by atoms with Gasteiger partial charge in [-0.3, -0.25) is 9.78 Å². The third-order valence-electron chi connectivity index (χ3n) is 5.55. The first-order valence-corrected chi connectivity index (χ1v) is 11.5. The van der Waals surface area contributed by atoms with E-state index in [9.17, 15) is 4.79 Å². The summed E-state index contributed by atoms with van der Waals surface area (Å²) in [5, 5.41) is 9.58. The molecule has 0 radical (unpaired) electrons. The Bertz CT molecular complexity index is 1300. The Morgan fingerprint density at radius 1 is 1.15 bits per heavy atom. The van der Waals surface area contributed by atoms with Gasteiger partial charge in [-0.05, 0) is 55.4 Å². The number of rotatable bonds is 6. The maximum atomic E-state index is 12.5. The normalized spacial score (nSPS) is 15.5. The molecule has 9 heteroatoms. The third-order valence-corrected chi connectivity index (χ3v) is 6.08. The number of amides is 1. The Balaban J connectivity index is 1.33. The van der Waals surface area contributed by atoms with E-state index < -0.39 is 0 Å². The molecular formula is C24H23BrN6O2. The fraction of sp³-hybridized carbons (Fsp3) is 0.208. The van der Waals surface area contributed by atoms with E-state index >= 15 is 0 Å². The lowest BCUT2D eigenvalue weighted by molar-refractivity contribution is 0.0934. The predicted molar refractivity (Wildman–Crippen MR) is 131 cm³/mol. The van der Waals surface area contributed by atoms with Crippen molar-refractivity contribution in [3.63, 3.8) is 0 Å². The van der Waals surface area contributed by atoms with Crippen LogP contribution in [0.5, 0.6) is 11.5 Å². The lowest BCUT2D eigenvalue weighted by Gasteiger charge is -2.11. The molecule has 168 valence electrons. The molecule has 0 saturated carbocycles. The first kappa shape index (κ1) is 21.4. The van der Waals surface area contributed by atoms with Crippen molar-refractivity contribution in [2.24, 2.45) is 7.05 Å². The van der Waals surface area contributed by atoms with Crippen molar-refractivity contribution < 1.29 is 9.53 Å². The summed E-state index contributed by atoms with van der Waals surface area (Å²) in [6.45, 7) is 1.70. The third kappa shape index (κ3) is 4.84. The number of imidazole rings is 1. The molecule has 0 spiro atoms. The van der Waals surface area contributed by atoms with Crippen LogP contribution in [-0.2, 0) is 7.05 Å². The van der Waals surface area contributed by atoms with E-state index in [4.69, 9.17) is 9.72 Å². The second-order valence-electron chi connectivity index (χ2n) is 7.92. The van der Waals surface area contributed by atoms with Crippen LogP contribution < -0.4 is 20.7 Å². The number of carbonyl (C=O) groups excluding carboxylic acids is 1. The Morgan fingerprint density at radius 2 is 1.97 bits per heavy atom. The predicted octanol–water partition coefficient (Wildman–Crippen LogP) is 4.36. The summed E-state index contributed by atoms with van der Waals surface area (Å²) in [6.07, 6.45) is 2.50. The zero-order valence-corrected chi connectivity index (χ0v) is 19.6. The van der Waals surface area contributed by atoms with E-state index in [2.05, 4.69) is 36.9 Å². The molecule has 4 aromatic rings. The molecule has 2 aromatic carbocycles. The van der Waals surface area contributed by atoms with Gasteiger partial charge in [0.2, 0.25) is 5.95 Å². The van der Waals surface area contributed by atoms with E-state index in [0.29, 0.717) is 17.2 Å². The number of ether oxygens (including phenoxy) is 1. The van der Waals surface area contributed by atoms with Crippen molar-refractivity contribution >= 4 is 44.5 Å². The molecule has 2 aromatic heterocycles. The minimum absolute atomic E-state index is 0.135. The van der Waals surface area contributed by atoms with Crippen LogP contribution in [0.25, 0.3) is 11.0 Å². The summed E-state index contributed by atoms with van der Waals surface area (Å²) in [7, 11) is 1.96. The molecule has 8 nitrogen and oxygen atoms in total. The summed E-state index contributed by atoms with van der Waals surface area (Å²) in [5.74, 6) is 1.71. The number of pyridine rings is 1. The van der Waals surface area contributed by atoms with E-state index in [-0.39, 0.29) is 11.9 Å². The minimum Gasteiger partial charge on any atom is -0.457 e. The molecule has 1 aliphatic heterocycles. The highest BCUT2D eigenvalue weighted by atomic mass is 79.9. The van der Waals surface area contributed by atoms with Crippen LogP contribution in [0.15, 0.2) is 65.3 Å². The first-order chi connectivity index (χ1) is 16.0. The van der Waals surface area contributed by atoms with E-state index in [0.717, 1.165) is 46.7 Å². The summed E-state index contributed by atoms with van der Waals surface area (Å²) in [6, 6.07) is 17.2. The zero-order chi connectivity index (χ0) is 22.8. The maximum absolute atomic E-state index is 12.5. The van der Waals surface area contributed by atoms with E-state index in [1.54, 1.807) is 18.3 Å². The van der Waals surface area contributed by atoms with Crippen LogP contribution in [0, 0.1) is 0 Å².